The summed E-state index contributed by atoms with van der Waals surface area (Å²) in [6.45, 7) is 1.53. The van der Waals surface area contributed by atoms with Crippen LogP contribution in [0.25, 0.3) is 5.69 Å². The summed E-state index contributed by atoms with van der Waals surface area (Å²) in [6, 6.07) is 6.32. The summed E-state index contributed by atoms with van der Waals surface area (Å²) in [5, 5.41) is 9.86. The smallest absolute Gasteiger partial charge is 0.228 e. The van der Waals surface area contributed by atoms with Gasteiger partial charge >= 0.3 is 0 Å². The van der Waals surface area contributed by atoms with Crippen LogP contribution in [0.3, 0.4) is 0 Å². The zero-order valence-corrected chi connectivity index (χ0v) is 10.8. The molecule has 1 aromatic heterocycles. The first-order chi connectivity index (χ1) is 9.74. The Morgan fingerprint density at radius 2 is 2.40 bits per heavy atom. The minimum atomic E-state index is -0.420. The average Bonchev–Trinajstić information content (AvgIpc) is 3.12. The van der Waals surface area contributed by atoms with Gasteiger partial charge in [-0.05, 0) is 37.2 Å². The standard InChI is InChI=1S/C14H15FN4O/c15-12-8-11(18-14(20)10-4-6-16-9-10)2-3-13(12)19-7-1-5-17-19/h1-3,5,7-8,10,16H,4,6,9H2,(H,18,20). The Morgan fingerprint density at radius 1 is 1.50 bits per heavy atom. The minimum Gasteiger partial charge on any atom is -0.326 e. The van der Waals surface area contributed by atoms with Crippen LogP contribution in [0, 0.1) is 11.7 Å². The molecule has 1 aliphatic heterocycles. The third-order valence-electron chi connectivity index (χ3n) is 3.40. The number of carbonyl (C=O) groups excluding carboxylic acids is 1. The van der Waals surface area contributed by atoms with E-state index in [1.165, 1.54) is 10.7 Å². The second-order valence-electron chi connectivity index (χ2n) is 4.80. The second-order valence-corrected chi connectivity index (χ2v) is 4.80. The Kier molecular flexibility index (Phi) is 3.47. The van der Waals surface area contributed by atoms with Crippen LogP contribution in [0.15, 0.2) is 36.7 Å². The number of halogens is 1. The average molecular weight is 274 g/mol. The third-order valence-corrected chi connectivity index (χ3v) is 3.40. The normalized spacial score (nSPS) is 18.1. The van der Waals surface area contributed by atoms with E-state index >= 15 is 0 Å². The molecule has 2 N–H and O–H groups in total. The van der Waals surface area contributed by atoms with E-state index in [1.807, 2.05) is 0 Å². The lowest BCUT2D eigenvalue weighted by Gasteiger charge is -2.11. The molecule has 0 radical (unpaired) electrons. The Hall–Kier alpha value is -2.21. The van der Waals surface area contributed by atoms with Gasteiger partial charge in [-0.3, -0.25) is 4.79 Å². The maximum Gasteiger partial charge on any atom is 0.228 e. The number of hydrogen-bond donors (Lipinski definition) is 2. The Bertz CT molecular complexity index is 606. The first-order valence-electron chi connectivity index (χ1n) is 6.55. The van der Waals surface area contributed by atoms with Crippen LogP contribution in [0.5, 0.6) is 0 Å². The van der Waals surface area contributed by atoms with Crippen LogP contribution >= 0.6 is 0 Å². The molecule has 0 saturated carbocycles. The summed E-state index contributed by atoms with van der Waals surface area (Å²) in [7, 11) is 0. The quantitative estimate of drug-likeness (QED) is 0.893. The van der Waals surface area contributed by atoms with Crippen molar-refractivity contribution in [3.05, 3.63) is 42.5 Å². The van der Waals surface area contributed by atoms with Crippen LogP contribution in [-0.4, -0.2) is 28.8 Å². The topological polar surface area (TPSA) is 59.0 Å². The molecule has 1 saturated heterocycles. The molecule has 1 unspecified atom stereocenters. The summed E-state index contributed by atoms with van der Waals surface area (Å²) in [5.41, 5.74) is 0.825. The van der Waals surface area contributed by atoms with Gasteiger partial charge in [-0.2, -0.15) is 5.10 Å². The van der Waals surface area contributed by atoms with Crippen molar-refractivity contribution in [2.45, 2.75) is 6.42 Å². The van der Waals surface area contributed by atoms with Crippen molar-refractivity contribution in [2.75, 3.05) is 18.4 Å². The third kappa shape index (κ3) is 2.55. The maximum absolute atomic E-state index is 14.0. The fourth-order valence-electron chi connectivity index (χ4n) is 2.30. The molecular weight excluding hydrogens is 259 g/mol. The van der Waals surface area contributed by atoms with Crippen molar-refractivity contribution in [3.63, 3.8) is 0 Å². The molecule has 5 nitrogen and oxygen atoms in total. The summed E-state index contributed by atoms with van der Waals surface area (Å²) < 4.78 is 15.5. The van der Waals surface area contributed by atoms with Crippen molar-refractivity contribution >= 4 is 11.6 Å². The van der Waals surface area contributed by atoms with E-state index in [0.29, 0.717) is 17.9 Å². The van der Waals surface area contributed by atoms with Crippen molar-refractivity contribution in [2.24, 2.45) is 5.92 Å². The van der Waals surface area contributed by atoms with E-state index in [1.54, 1.807) is 30.6 Å². The van der Waals surface area contributed by atoms with Gasteiger partial charge in [0, 0.05) is 24.6 Å². The van der Waals surface area contributed by atoms with Gasteiger partial charge in [0.05, 0.1) is 5.92 Å². The number of nitrogens with zero attached hydrogens (tertiary/aromatic N) is 2. The number of amides is 1. The molecule has 1 fully saturated rings. The molecule has 3 rings (SSSR count). The number of rotatable bonds is 3. The van der Waals surface area contributed by atoms with Gasteiger partial charge in [0.1, 0.15) is 5.69 Å². The summed E-state index contributed by atoms with van der Waals surface area (Å²) in [5.74, 6) is -0.527. The molecule has 1 aliphatic rings. The minimum absolute atomic E-state index is 0.0381. The van der Waals surface area contributed by atoms with E-state index in [0.717, 1.165) is 13.0 Å². The number of carbonyl (C=O) groups is 1. The van der Waals surface area contributed by atoms with Gasteiger partial charge in [-0.25, -0.2) is 9.07 Å². The molecule has 2 aromatic rings. The molecule has 0 aliphatic carbocycles. The van der Waals surface area contributed by atoms with Crippen molar-refractivity contribution in [1.29, 1.82) is 0 Å². The highest BCUT2D eigenvalue weighted by Gasteiger charge is 2.22. The molecule has 2 heterocycles. The Morgan fingerprint density at radius 3 is 3.05 bits per heavy atom. The lowest BCUT2D eigenvalue weighted by atomic mass is 10.1. The van der Waals surface area contributed by atoms with Gasteiger partial charge in [0.15, 0.2) is 5.82 Å². The van der Waals surface area contributed by atoms with Gasteiger partial charge < -0.3 is 10.6 Å². The second kappa shape index (κ2) is 5.42. The first kappa shape index (κ1) is 12.8. The van der Waals surface area contributed by atoms with E-state index in [4.69, 9.17) is 0 Å². The number of anilines is 1. The van der Waals surface area contributed by atoms with Crippen LogP contribution in [0.4, 0.5) is 10.1 Å². The molecule has 1 atom stereocenters. The molecular formula is C14H15FN4O. The highest BCUT2D eigenvalue weighted by atomic mass is 19.1. The van der Waals surface area contributed by atoms with Crippen molar-refractivity contribution in [3.8, 4) is 5.69 Å². The van der Waals surface area contributed by atoms with Crippen LogP contribution < -0.4 is 10.6 Å². The van der Waals surface area contributed by atoms with Gasteiger partial charge in [-0.1, -0.05) is 0 Å². The lowest BCUT2D eigenvalue weighted by molar-refractivity contribution is -0.119. The molecule has 1 aromatic carbocycles. The Balaban J connectivity index is 1.75. The number of nitrogens with one attached hydrogen (secondary N) is 2. The zero-order chi connectivity index (χ0) is 13.9. The highest BCUT2D eigenvalue weighted by molar-refractivity contribution is 5.93. The Labute approximate surface area is 115 Å². The highest BCUT2D eigenvalue weighted by Crippen LogP contribution is 2.19. The molecule has 1 amide bonds. The molecule has 0 spiro atoms. The molecule has 6 heteroatoms. The van der Waals surface area contributed by atoms with Crippen LogP contribution in [0.2, 0.25) is 0 Å². The summed E-state index contributed by atoms with van der Waals surface area (Å²) in [6.07, 6.45) is 4.07. The fourth-order valence-corrected chi connectivity index (χ4v) is 2.30. The van der Waals surface area contributed by atoms with Crippen LogP contribution in [0.1, 0.15) is 6.42 Å². The van der Waals surface area contributed by atoms with E-state index in [2.05, 4.69) is 15.7 Å². The number of benzene rings is 1. The van der Waals surface area contributed by atoms with Crippen molar-refractivity contribution in [1.82, 2.24) is 15.1 Å². The predicted molar refractivity (Wildman–Crippen MR) is 73.1 cm³/mol. The van der Waals surface area contributed by atoms with Gasteiger partial charge in [0.25, 0.3) is 0 Å². The van der Waals surface area contributed by atoms with Crippen LogP contribution in [-0.2, 0) is 4.79 Å². The van der Waals surface area contributed by atoms with Crippen molar-refractivity contribution < 1.29 is 9.18 Å². The summed E-state index contributed by atoms with van der Waals surface area (Å²) in [4.78, 5) is 11.9. The van der Waals surface area contributed by atoms with E-state index in [9.17, 15) is 9.18 Å². The molecule has 20 heavy (non-hydrogen) atoms. The van der Waals surface area contributed by atoms with Gasteiger partial charge in [-0.15, -0.1) is 0 Å². The fraction of sp³-hybridized carbons (Fsp3) is 0.286. The summed E-state index contributed by atoms with van der Waals surface area (Å²) >= 11 is 0. The largest absolute Gasteiger partial charge is 0.326 e. The van der Waals surface area contributed by atoms with Gasteiger partial charge in [0.2, 0.25) is 5.91 Å². The number of aromatic nitrogens is 2. The zero-order valence-electron chi connectivity index (χ0n) is 10.8. The molecule has 104 valence electrons. The predicted octanol–water partition coefficient (Wildman–Crippen LogP) is 1.56. The van der Waals surface area contributed by atoms with E-state index in [-0.39, 0.29) is 11.8 Å². The monoisotopic (exact) mass is 274 g/mol. The first-order valence-corrected chi connectivity index (χ1v) is 6.55. The molecule has 0 bridgehead atoms. The number of hydrogen-bond acceptors (Lipinski definition) is 3. The SMILES string of the molecule is O=C(Nc1ccc(-n2cccn2)c(F)c1)C1CCNC1. The van der Waals surface area contributed by atoms with E-state index < -0.39 is 5.82 Å². The maximum atomic E-state index is 14.0. The lowest BCUT2D eigenvalue weighted by Crippen LogP contribution is -2.24.